The molecule has 0 aliphatic carbocycles. The molecule has 220 valence electrons. The van der Waals surface area contributed by atoms with Crippen LogP contribution in [-0.2, 0) is 4.74 Å². The van der Waals surface area contributed by atoms with E-state index in [1.54, 1.807) is 37.7 Å². The summed E-state index contributed by atoms with van der Waals surface area (Å²) in [5, 5.41) is 15.6. The van der Waals surface area contributed by atoms with E-state index in [0.717, 1.165) is 45.2 Å². The van der Waals surface area contributed by atoms with Crippen molar-refractivity contribution in [3.8, 4) is 28.8 Å². The van der Waals surface area contributed by atoms with E-state index in [1.807, 2.05) is 6.07 Å². The Balaban J connectivity index is 1.15. The van der Waals surface area contributed by atoms with Gasteiger partial charge >= 0.3 is 0 Å². The number of nitrogens with zero attached hydrogens (tertiary/aromatic N) is 6. The second kappa shape index (κ2) is 12.0. The first-order valence-corrected chi connectivity index (χ1v) is 13.9. The zero-order valence-electron chi connectivity index (χ0n) is 23.2. The first kappa shape index (κ1) is 28.0. The lowest BCUT2D eigenvalue weighted by molar-refractivity contribution is -0.109. The molecule has 1 atom stereocenters. The summed E-state index contributed by atoms with van der Waals surface area (Å²) in [6, 6.07) is 11.0. The van der Waals surface area contributed by atoms with Crippen molar-refractivity contribution in [3.05, 3.63) is 48.3 Å². The molecule has 0 amide bonds. The third-order valence-corrected chi connectivity index (χ3v) is 7.80. The minimum absolute atomic E-state index is 0.122. The zero-order chi connectivity index (χ0) is 29.1. The van der Waals surface area contributed by atoms with Crippen LogP contribution in [0.3, 0.4) is 0 Å². The fourth-order valence-electron chi connectivity index (χ4n) is 5.33. The van der Waals surface area contributed by atoms with Gasteiger partial charge in [-0.05, 0) is 30.8 Å². The van der Waals surface area contributed by atoms with E-state index >= 15 is 0 Å². The topological polar surface area (TPSA) is 121 Å². The molecule has 3 saturated heterocycles. The van der Waals surface area contributed by atoms with Gasteiger partial charge in [-0.15, -0.1) is 0 Å². The third-order valence-electron chi connectivity index (χ3n) is 7.80. The lowest BCUT2D eigenvalue weighted by Crippen LogP contribution is -2.56. The summed E-state index contributed by atoms with van der Waals surface area (Å²) in [6.07, 6.45) is 2.17. The van der Waals surface area contributed by atoms with Gasteiger partial charge < -0.3 is 29.7 Å². The van der Waals surface area contributed by atoms with Crippen LogP contribution in [0, 0.1) is 11.3 Å². The normalized spacial score (nSPS) is 20.8. The number of aromatic nitrogens is 3. The van der Waals surface area contributed by atoms with Gasteiger partial charge in [-0.1, -0.05) is 0 Å². The average Bonchev–Trinajstić information content (AvgIpc) is 2.98. The van der Waals surface area contributed by atoms with Gasteiger partial charge in [0.15, 0.2) is 17.7 Å². The molecule has 3 aliphatic heterocycles. The highest BCUT2D eigenvalue weighted by atomic mass is 19.3. The Bertz CT molecular complexity index is 1460. The molecular formula is C29H32F2N8O3. The number of nitrogens with one attached hydrogen (secondary N) is 2. The molecule has 6 rings (SSSR count). The number of hydrogen-bond acceptors (Lipinski definition) is 11. The summed E-state index contributed by atoms with van der Waals surface area (Å²) in [4.78, 5) is 18.3. The van der Waals surface area contributed by atoms with Crippen LogP contribution in [-0.4, -0.2) is 97.5 Å². The number of nitriles is 1. The number of methoxy groups -OCH3 is 1. The van der Waals surface area contributed by atoms with Crippen LogP contribution >= 0.6 is 0 Å². The van der Waals surface area contributed by atoms with Crippen LogP contribution < -0.4 is 25.0 Å². The number of piperidine rings is 1. The number of ether oxygens (including phenoxy) is 3. The van der Waals surface area contributed by atoms with Crippen LogP contribution in [0.1, 0.15) is 12.0 Å². The summed E-state index contributed by atoms with van der Waals surface area (Å²) in [5.74, 6) is -1.14. The SMILES string of the molecule is COc1cc(Nc2nccc(-c3ccc(OC4CCNCC4(F)F)c(C#N)c3)n2)cnc1N1CCN(C2COC2)CC1. The molecule has 11 nitrogen and oxygen atoms in total. The molecule has 0 saturated carbocycles. The van der Waals surface area contributed by atoms with Crippen molar-refractivity contribution in [1.82, 2.24) is 25.2 Å². The monoisotopic (exact) mass is 578 g/mol. The summed E-state index contributed by atoms with van der Waals surface area (Å²) in [6.45, 7) is 5.20. The van der Waals surface area contributed by atoms with E-state index in [2.05, 4.69) is 41.5 Å². The van der Waals surface area contributed by atoms with E-state index < -0.39 is 18.6 Å². The van der Waals surface area contributed by atoms with Gasteiger partial charge in [-0.2, -0.15) is 5.26 Å². The van der Waals surface area contributed by atoms with Crippen molar-refractivity contribution in [1.29, 1.82) is 5.26 Å². The Morgan fingerprint density at radius 3 is 2.67 bits per heavy atom. The quantitative estimate of drug-likeness (QED) is 0.410. The van der Waals surface area contributed by atoms with Crippen LogP contribution in [0.4, 0.5) is 26.2 Å². The molecule has 13 heteroatoms. The van der Waals surface area contributed by atoms with Gasteiger partial charge in [0.2, 0.25) is 5.95 Å². The highest BCUT2D eigenvalue weighted by Crippen LogP contribution is 2.33. The second-order valence-electron chi connectivity index (χ2n) is 10.5. The Kier molecular flexibility index (Phi) is 8.01. The summed E-state index contributed by atoms with van der Waals surface area (Å²) >= 11 is 0. The van der Waals surface area contributed by atoms with Crippen LogP contribution in [0.2, 0.25) is 0 Å². The lowest BCUT2D eigenvalue weighted by Gasteiger charge is -2.43. The highest BCUT2D eigenvalue weighted by molar-refractivity contribution is 5.67. The Hall–Kier alpha value is -4.12. The van der Waals surface area contributed by atoms with Crippen molar-refractivity contribution >= 4 is 17.5 Å². The van der Waals surface area contributed by atoms with Gasteiger partial charge in [-0.3, -0.25) is 4.90 Å². The van der Waals surface area contributed by atoms with E-state index in [-0.39, 0.29) is 17.7 Å². The van der Waals surface area contributed by atoms with Crippen LogP contribution in [0.25, 0.3) is 11.3 Å². The van der Waals surface area contributed by atoms with E-state index in [0.29, 0.717) is 41.2 Å². The molecule has 42 heavy (non-hydrogen) atoms. The van der Waals surface area contributed by atoms with E-state index in [1.165, 1.54) is 6.07 Å². The van der Waals surface area contributed by atoms with E-state index in [4.69, 9.17) is 14.2 Å². The number of alkyl halides is 2. The molecule has 1 aromatic carbocycles. The smallest absolute Gasteiger partial charge is 0.296 e. The fourth-order valence-corrected chi connectivity index (χ4v) is 5.33. The van der Waals surface area contributed by atoms with Gasteiger partial charge in [0.1, 0.15) is 11.8 Å². The third kappa shape index (κ3) is 5.92. The molecule has 5 heterocycles. The molecule has 3 aromatic rings. The molecule has 0 bridgehead atoms. The zero-order valence-corrected chi connectivity index (χ0v) is 23.2. The van der Waals surface area contributed by atoms with Crippen LogP contribution in [0.5, 0.6) is 11.5 Å². The Morgan fingerprint density at radius 1 is 1.12 bits per heavy atom. The van der Waals surface area contributed by atoms with Gasteiger partial charge in [-0.25, -0.2) is 23.7 Å². The number of pyridine rings is 1. The maximum atomic E-state index is 14.3. The average molecular weight is 579 g/mol. The van der Waals surface area contributed by atoms with Gasteiger partial charge in [0.25, 0.3) is 5.92 Å². The van der Waals surface area contributed by atoms with Crippen molar-refractivity contribution in [2.45, 2.75) is 24.5 Å². The van der Waals surface area contributed by atoms with E-state index in [9.17, 15) is 14.0 Å². The molecule has 0 radical (unpaired) electrons. The molecule has 3 aliphatic rings. The number of halogens is 2. The van der Waals surface area contributed by atoms with Gasteiger partial charge in [0, 0.05) is 50.4 Å². The maximum Gasteiger partial charge on any atom is 0.296 e. The summed E-state index contributed by atoms with van der Waals surface area (Å²) < 4.78 is 45.1. The fraction of sp³-hybridized carbons (Fsp3) is 0.448. The lowest BCUT2D eigenvalue weighted by atomic mass is 10.0. The van der Waals surface area contributed by atoms with Crippen LogP contribution in [0.15, 0.2) is 42.7 Å². The number of piperazine rings is 1. The molecule has 3 fully saturated rings. The predicted molar refractivity (Wildman–Crippen MR) is 151 cm³/mol. The number of hydrogen-bond donors (Lipinski definition) is 2. The maximum absolute atomic E-state index is 14.3. The molecule has 0 spiro atoms. The van der Waals surface area contributed by atoms with Crippen molar-refractivity contribution in [2.75, 3.05) is 69.8 Å². The predicted octanol–water partition coefficient (Wildman–Crippen LogP) is 3.06. The number of benzene rings is 1. The summed E-state index contributed by atoms with van der Waals surface area (Å²) in [7, 11) is 1.62. The minimum atomic E-state index is -3.02. The molecule has 1 unspecified atom stereocenters. The van der Waals surface area contributed by atoms with Crippen molar-refractivity contribution < 1.29 is 23.0 Å². The van der Waals surface area contributed by atoms with Crippen molar-refractivity contribution in [3.63, 3.8) is 0 Å². The molecule has 2 N–H and O–H groups in total. The van der Waals surface area contributed by atoms with Crippen molar-refractivity contribution in [2.24, 2.45) is 0 Å². The second-order valence-corrected chi connectivity index (χ2v) is 10.5. The Morgan fingerprint density at radius 2 is 1.95 bits per heavy atom. The highest BCUT2D eigenvalue weighted by Gasteiger charge is 2.43. The minimum Gasteiger partial charge on any atom is -0.493 e. The summed E-state index contributed by atoms with van der Waals surface area (Å²) in [5.41, 5.74) is 1.98. The number of rotatable bonds is 8. The first-order valence-electron chi connectivity index (χ1n) is 13.9. The first-order chi connectivity index (χ1) is 20.4. The molecular weight excluding hydrogens is 546 g/mol. The molecule has 2 aromatic heterocycles. The number of anilines is 3. The Labute approximate surface area is 242 Å². The largest absolute Gasteiger partial charge is 0.493 e. The van der Waals surface area contributed by atoms with Gasteiger partial charge in [0.05, 0.1) is 56.1 Å². The standard InChI is InChI=1S/C29H32F2N8O3/c1-40-25-13-21(15-35-27(25)39-10-8-38(9-11-39)22-16-41-17-22)36-28-34-7-4-23(37-28)19-2-3-24(20(12-19)14-32)42-26-5-6-33-18-29(26,30)31/h2-4,7,12-13,15,22,26,33H,5-6,8-11,16-18H2,1H3,(H,34,36,37).